The van der Waals surface area contributed by atoms with Crippen molar-refractivity contribution in [3.63, 3.8) is 0 Å². The maximum atomic E-state index is 13.1. The molecule has 2 saturated heterocycles. The number of pyridine rings is 2. The van der Waals surface area contributed by atoms with Crippen molar-refractivity contribution < 1.29 is 14.0 Å². The molecule has 0 atom stereocenters. The van der Waals surface area contributed by atoms with E-state index in [1.807, 2.05) is 54.6 Å². The van der Waals surface area contributed by atoms with Crippen LogP contribution in [0.1, 0.15) is 75.6 Å². The van der Waals surface area contributed by atoms with Crippen LogP contribution in [0.4, 0.5) is 16.0 Å². The maximum Gasteiger partial charge on any atom is 0.228 e. The summed E-state index contributed by atoms with van der Waals surface area (Å²) in [5, 5.41) is 0. The smallest absolute Gasteiger partial charge is 0.228 e. The van der Waals surface area contributed by atoms with Crippen LogP contribution >= 0.6 is 0 Å². The number of benzene rings is 2. The van der Waals surface area contributed by atoms with Gasteiger partial charge in [-0.3, -0.25) is 19.4 Å². The lowest BCUT2D eigenvalue weighted by Gasteiger charge is -2.37. The summed E-state index contributed by atoms with van der Waals surface area (Å²) in [6, 6.07) is 23.5. The van der Waals surface area contributed by atoms with Gasteiger partial charge >= 0.3 is 0 Å². The number of anilines is 2. The third-order valence-electron chi connectivity index (χ3n) is 8.16. The van der Waals surface area contributed by atoms with E-state index < -0.39 is 0 Å². The summed E-state index contributed by atoms with van der Waals surface area (Å²) in [5.74, 6) is 13.4. The van der Waals surface area contributed by atoms with Gasteiger partial charge in [-0.1, -0.05) is 75.6 Å². The van der Waals surface area contributed by atoms with Crippen molar-refractivity contribution in [2.24, 2.45) is 10.8 Å². The Morgan fingerprint density at radius 3 is 1.53 bits per heavy atom. The predicted molar refractivity (Wildman–Crippen MR) is 184 cm³/mol. The maximum absolute atomic E-state index is 13.1. The minimum Gasteiger partial charge on any atom is -0.296 e. The molecule has 47 heavy (non-hydrogen) atoms. The van der Waals surface area contributed by atoms with Crippen molar-refractivity contribution in [1.82, 2.24) is 9.97 Å². The first kappa shape index (κ1) is 33.1. The minimum atomic E-state index is -0.304. The zero-order chi connectivity index (χ0) is 33.4. The molecule has 0 spiro atoms. The van der Waals surface area contributed by atoms with Crippen molar-refractivity contribution in [3.8, 4) is 23.7 Å². The van der Waals surface area contributed by atoms with E-state index in [4.69, 9.17) is 0 Å². The van der Waals surface area contributed by atoms with E-state index in [1.54, 1.807) is 34.3 Å². The van der Waals surface area contributed by atoms with E-state index >= 15 is 0 Å². The summed E-state index contributed by atoms with van der Waals surface area (Å²) in [6.45, 7) is 10.1. The fourth-order valence-corrected chi connectivity index (χ4v) is 5.38. The number of carbonyl (C=O) groups is 2. The number of halogens is 1. The molecule has 7 heteroatoms. The molecule has 2 aliphatic rings. The molecule has 0 aliphatic carbocycles. The summed E-state index contributed by atoms with van der Waals surface area (Å²) in [5.41, 5.74) is 3.41. The molecule has 6 nitrogen and oxygen atoms in total. The Bertz CT molecular complexity index is 1840. The van der Waals surface area contributed by atoms with Crippen LogP contribution in [-0.4, -0.2) is 34.9 Å². The average Bonchev–Trinajstić information content (AvgIpc) is 3.06. The average molecular weight is 627 g/mol. The molecule has 2 aromatic carbocycles. The van der Waals surface area contributed by atoms with Crippen LogP contribution in [-0.2, 0) is 9.59 Å². The monoisotopic (exact) mass is 626 g/mol. The van der Waals surface area contributed by atoms with E-state index in [0.29, 0.717) is 43.1 Å². The quantitative estimate of drug-likeness (QED) is 0.218. The first-order valence-corrected chi connectivity index (χ1v) is 15.8. The summed E-state index contributed by atoms with van der Waals surface area (Å²) < 4.78 is 13.1. The van der Waals surface area contributed by atoms with Gasteiger partial charge < -0.3 is 0 Å². The number of piperidine rings is 2. The Morgan fingerprint density at radius 2 is 1.06 bits per heavy atom. The topological polar surface area (TPSA) is 66.4 Å². The molecule has 6 rings (SSSR count). The SMILES string of the molecule is CC1(C)CCC(=O)N(c2ccc(C#Cc3cccc(F)c3)cn2)C1.CC1(C)CCC(=O)N(c2ccc(C#Cc3ccccc3)cn2)C1. The van der Waals surface area contributed by atoms with Crippen molar-refractivity contribution >= 4 is 23.5 Å². The Balaban J connectivity index is 0.000000185. The molecule has 4 aromatic rings. The van der Waals surface area contributed by atoms with Crippen LogP contribution in [0.15, 0.2) is 91.3 Å². The lowest BCUT2D eigenvalue weighted by molar-refractivity contribution is -0.121. The number of rotatable bonds is 2. The highest BCUT2D eigenvalue weighted by Gasteiger charge is 2.33. The van der Waals surface area contributed by atoms with Gasteiger partial charge in [0.1, 0.15) is 17.5 Å². The molecule has 2 amide bonds. The highest BCUT2D eigenvalue weighted by molar-refractivity contribution is 5.94. The van der Waals surface area contributed by atoms with Crippen LogP contribution in [0.5, 0.6) is 0 Å². The second-order valence-electron chi connectivity index (χ2n) is 13.5. The molecular weight excluding hydrogens is 587 g/mol. The normalized spacial score (nSPS) is 16.5. The van der Waals surface area contributed by atoms with E-state index in [9.17, 15) is 14.0 Å². The van der Waals surface area contributed by atoms with Gasteiger partial charge in [0.2, 0.25) is 11.8 Å². The number of hydrogen-bond donors (Lipinski definition) is 0. The van der Waals surface area contributed by atoms with E-state index in [0.717, 1.165) is 29.5 Å². The Hall–Kier alpha value is -5.27. The third kappa shape index (κ3) is 9.37. The Kier molecular flexibility index (Phi) is 10.2. The highest BCUT2D eigenvalue weighted by atomic mass is 19.1. The van der Waals surface area contributed by atoms with E-state index in [1.165, 1.54) is 12.1 Å². The lowest BCUT2D eigenvalue weighted by Crippen LogP contribution is -2.44. The molecule has 4 heterocycles. The highest BCUT2D eigenvalue weighted by Crippen LogP contribution is 2.32. The van der Waals surface area contributed by atoms with Crippen LogP contribution in [0, 0.1) is 40.3 Å². The van der Waals surface area contributed by atoms with Crippen molar-refractivity contribution in [2.75, 3.05) is 22.9 Å². The Morgan fingerprint density at radius 1 is 0.596 bits per heavy atom. The number of amides is 2. The molecular formula is C40H39FN4O2. The second-order valence-corrected chi connectivity index (χ2v) is 13.5. The zero-order valence-electron chi connectivity index (χ0n) is 27.4. The summed E-state index contributed by atoms with van der Waals surface area (Å²) in [4.78, 5) is 36.6. The molecule has 2 aromatic heterocycles. The molecule has 2 fully saturated rings. The van der Waals surface area contributed by atoms with Gasteiger partial charge in [0, 0.05) is 60.6 Å². The summed E-state index contributed by atoms with van der Waals surface area (Å²) >= 11 is 0. The number of nitrogens with zero attached hydrogens (tertiary/aromatic N) is 4. The largest absolute Gasteiger partial charge is 0.296 e. The first-order valence-electron chi connectivity index (χ1n) is 15.8. The molecule has 0 bridgehead atoms. The zero-order valence-corrected chi connectivity index (χ0v) is 27.4. The Labute approximate surface area is 277 Å². The van der Waals surface area contributed by atoms with Gasteiger partial charge in [0.25, 0.3) is 0 Å². The molecule has 238 valence electrons. The number of aromatic nitrogens is 2. The fourth-order valence-electron chi connectivity index (χ4n) is 5.38. The van der Waals surface area contributed by atoms with Gasteiger partial charge in [-0.25, -0.2) is 14.4 Å². The predicted octanol–water partition coefficient (Wildman–Crippen LogP) is 7.41. The van der Waals surface area contributed by atoms with Crippen LogP contribution in [0.2, 0.25) is 0 Å². The number of carbonyl (C=O) groups excluding carboxylic acids is 2. The standard InChI is InChI=1S/C20H19FN2O.C20H20N2O/c1-20(2)11-10-19(24)23(14-20)18-9-8-16(13-22-18)7-6-15-4-3-5-17(21)12-15;1-20(2)13-12-19(23)22(15-20)18-11-10-17(14-21-18)9-8-16-6-4-3-5-7-16/h3-5,8-9,12-13H,10-11,14H2,1-2H3;3-7,10-11,14H,12-13,15H2,1-2H3. The van der Waals surface area contributed by atoms with Crippen molar-refractivity contribution in [1.29, 1.82) is 0 Å². The van der Waals surface area contributed by atoms with Crippen LogP contribution < -0.4 is 9.80 Å². The third-order valence-corrected chi connectivity index (χ3v) is 8.16. The van der Waals surface area contributed by atoms with Crippen molar-refractivity contribution in [3.05, 3.63) is 119 Å². The lowest BCUT2D eigenvalue weighted by atomic mass is 9.84. The van der Waals surface area contributed by atoms with Gasteiger partial charge in [-0.2, -0.15) is 0 Å². The molecule has 0 saturated carbocycles. The van der Waals surface area contributed by atoms with E-state index in [2.05, 4.69) is 61.3 Å². The summed E-state index contributed by atoms with van der Waals surface area (Å²) in [6.07, 6.45) is 6.36. The van der Waals surface area contributed by atoms with Gasteiger partial charge in [0.05, 0.1) is 0 Å². The second kappa shape index (κ2) is 14.4. The molecule has 0 radical (unpaired) electrons. The summed E-state index contributed by atoms with van der Waals surface area (Å²) in [7, 11) is 0. The van der Waals surface area contributed by atoms with Gasteiger partial charge in [-0.05, 0) is 78.3 Å². The number of hydrogen-bond acceptors (Lipinski definition) is 4. The van der Waals surface area contributed by atoms with E-state index in [-0.39, 0.29) is 28.5 Å². The van der Waals surface area contributed by atoms with Crippen LogP contribution in [0.25, 0.3) is 0 Å². The minimum absolute atomic E-state index is 0.103. The van der Waals surface area contributed by atoms with Crippen molar-refractivity contribution in [2.45, 2.75) is 53.4 Å². The van der Waals surface area contributed by atoms with Crippen LogP contribution in [0.3, 0.4) is 0 Å². The molecule has 0 unspecified atom stereocenters. The molecule has 2 aliphatic heterocycles. The fraction of sp³-hybridized carbons (Fsp3) is 0.300. The van der Waals surface area contributed by atoms with Gasteiger partial charge in [0.15, 0.2) is 0 Å². The van der Waals surface area contributed by atoms with Gasteiger partial charge in [-0.15, -0.1) is 0 Å². The first-order chi connectivity index (χ1) is 22.5. The molecule has 0 N–H and O–H groups in total.